The van der Waals surface area contributed by atoms with E-state index in [9.17, 15) is 9.90 Å². The minimum atomic E-state index is -1.15. The van der Waals surface area contributed by atoms with Gasteiger partial charge in [0, 0.05) is 23.5 Å². The molecule has 1 amide bonds. The lowest BCUT2D eigenvalue weighted by Crippen LogP contribution is -2.24. The van der Waals surface area contributed by atoms with Crippen LogP contribution in [0, 0.1) is 11.6 Å². The molecule has 1 aliphatic rings. The molecule has 0 spiro atoms. The number of benzene rings is 1. The first kappa shape index (κ1) is 20.3. The molecular weight excluding hydrogens is 414 g/mol. The molecule has 1 aliphatic heterocycles. The summed E-state index contributed by atoms with van der Waals surface area (Å²) < 4.78 is 31.7. The van der Waals surface area contributed by atoms with Gasteiger partial charge in [0.15, 0.2) is 0 Å². The van der Waals surface area contributed by atoms with Crippen LogP contribution in [0.4, 0.5) is 8.78 Å². The van der Waals surface area contributed by atoms with Crippen molar-refractivity contribution in [1.82, 2.24) is 19.5 Å². The molecule has 32 heavy (non-hydrogen) atoms. The molecule has 1 aromatic carbocycles. The molecule has 0 saturated carbocycles. The third kappa shape index (κ3) is 3.33. The van der Waals surface area contributed by atoms with Crippen molar-refractivity contribution < 1.29 is 18.7 Å². The van der Waals surface area contributed by atoms with Crippen LogP contribution in [0.2, 0.25) is 0 Å². The van der Waals surface area contributed by atoms with E-state index >= 15 is 8.78 Å². The number of nitrogens with zero attached hydrogens (tertiary/aromatic N) is 4. The number of hydrogen-bond donors (Lipinski definition) is 1. The van der Waals surface area contributed by atoms with Gasteiger partial charge in [-0.15, -0.1) is 0 Å². The van der Waals surface area contributed by atoms with Crippen LogP contribution in [-0.4, -0.2) is 30.5 Å². The quantitative estimate of drug-likeness (QED) is 0.526. The van der Waals surface area contributed by atoms with E-state index in [2.05, 4.69) is 10.1 Å². The standard InChI is InChI=1S/C24H20F2N4O2/c1-24(2,32)22-11-21-15(6-4-8-30(21)28-22)14-9-18(25)17(19(26)10-14)12-29-13-20-16(23(29)31)5-3-7-27-20/h3-11,32H,12-13H2,1-2H3. The molecule has 8 heteroatoms. The number of fused-ring (bicyclic) bond motifs is 2. The normalized spacial score (nSPS) is 13.8. The average molecular weight is 434 g/mol. The largest absolute Gasteiger partial charge is 0.384 e. The van der Waals surface area contributed by atoms with Crippen molar-refractivity contribution >= 4 is 11.4 Å². The molecule has 0 atom stereocenters. The smallest absolute Gasteiger partial charge is 0.256 e. The highest BCUT2D eigenvalue weighted by atomic mass is 19.1. The van der Waals surface area contributed by atoms with E-state index in [0.29, 0.717) is 33.6 Å². The molecule has 4 heterocycles. The topological polar surface area (TPSA) is 70.7 Å². The van der Waals surface area contributed by atoms with Crippen LogP contribution in [0.5, 0.6) is 0 Å². The Morgan fingerprint density at radius 3 is 2.50 bits per heavy atom. The summed E-state index contributed by atoms with van der Waals surface area (Å²) in [6, 6.07) is 11.0. The first-order chi connectivity index (χ1) is 15.2. The van der Waals surface area contributed by atoms with Crippen molar-refractivity contribution in [1.29, 1.82) is 0 Å². The summed E-state index contributed by atoms with van der Waals surface area (Å²) in [4.78, 5) is 18.1. The lowest BCUT2D eigenvalue weighted by Gasteiger charge is -2.17. The van der Waals surface area contributed by atoms with Crippen molar-refractivity contribution in [3.8, 4) is 11.1 Å². The van der Waals surface area contributed by atoms with Crippen molar-refractivity contribution in [3.05, 3.63) is 89.0 Å². The Morgan fingerprint density at radius 2 is 1.81 bits per heavy atom. The second-order valence-corrected chi connectivity index (χ2v) is 8.42. The first-order valence-electron chi connectivity index (χ1n) is 10.1. The van der Waals surface area contributed by atoms with Gasteiger partial charge in [-0.2, -0.15) is 5.10 Å². The third-order valence-electron chi connectivity index (χ3n) is 5.68. The summed E-state index contributed by atoms with van der Waals surface area (Å²) in [5.41, 5.74) is 1.72. The number of aromatic nitrogens is 3. The minimum Gasteiger partial charge on any atom is -0.384 e. The van der Waals surface area contributed by atoms with Crippen molar-refractivity contribution in [2.75, 3.05) is 0 Å². The molecule has 0 aliphatic carbocycles. The van der Waals surface area contributed by atoms with Crippen molar-refractivity contribution in [2.24, 2.45) is 0 Å². The number of aliphatic hydroxyl groups is 1. The highest BCUT2D eigenvalue weighted by molar-refractivity contribution is 5.97. The molecule has 3 aromatic heterocycles. The predicted molar refractivity (Wildman–Crippen MR) is 114 cm³/mol. The number of halogens is 2. The van der Waals surface area contributed by atoms with E-state index in [4.69, 9.17) is 0 Å². The summed E-state index contributed by atoms with van der Waals surface area (Å²) in [6.45, 7) is 3.27. The molecule has 0 radical (unpaired) electrons. The molecule has 162 valence electrons. The van der Waals surface area contributed by atoms with Gasteiger partial charge in [0.2, 0.25) is 0 Å². The zero-order valence-electron chi connectivity index (χ0n) is 17.5. The fourth-order valence-corrected chi connectivity index (χ4v) is 3.97. The van der Waals surface area contributed by atoms with E-state index < -0.39 is 17.2 Å². The lowest BCUT2D eigenvalue weighted by molar-refractivity contribution is 0.0734. The second kappa shape index (κ2) is 7.20. The number of pyridine rings is 2. The fraction of sp³-hybridized carbons (Fsp3) is 0.208. The summed E-state index contributed by atoms with van der Waals surface area (Å²) >= 11 is 0. The average Bonchev–Trinajstić information content (AvgIpc) is 3.32. The number of carbonyl (C=O) groups is 1. The number of carbonyl (C=O) groups excluding carboxylic acids is 1. The highest BCUT2D eigenvalue weighted by Crippen LogP contribution is 2.31. The number of rotatable bonds is 4. The van der Waals surface area contributed by atoms with E-state index in [-0.39, 0.29) is 24.6 Å². The van der Waals surface area contributed by atoms with Gasteiger partial charge < -0.3 is 10.0 Å². The first-order valence-corrected chi connectivity index (χ1v) is 10.1. The van der Waals surface area contributed by atoms with Gasteiger partial charge in [0.05, 0.1) is 35.6 Å². The molecule has 6 nitrogen and oxygen atoms in total. The van der Waals surface area contributed by atoms with Gasteiger partial charge in [-0.05, 0) is 55.8 Å². The van der Waals surface area contributed by atoms with Crippen LogP contribution in [-0.2, 0) is 18.7 Å². The molecule has 4 aromatic rings. The Kier molecular flexibility index (Phi) is 4.56. The SMILES string of the molecule is CC(C)(O)c1cc2c(-c3cc(F)c(CN4Cc5ncccc5C4=O)c(F)c3)cccn2n1. The van der Waals surface area contributed by atoms with E-state index in [1.807, 2.05) is 0 Å². The molecule has 0 bridgehead atoms. The zero-order chi connectivity index (χ0) is 22.6. The molecule has 0 saturated heterocycles. The molecule has 0 fully saturated rings. The Bertz CT molecular complexity index is 1350. The molecule has 0 unspecified atom stereocenters. The van der Waals surface area contributed by atoms with Crippen LogP contribution in [0.15, 0.2) is 54.9 Å². The van der Waals surface area contributed by atoms with Crippen molar-refractivity contribution in [2.45, 2.75) is 32.5 Å². The summed E-state index contributed by atoms with van der Waals surface area (Å²) in [6.07, 6.45) is 3.30. The Hall–Kier alpha value is -3.65. The number of amides is 1. The maximum Gasteiger partial charge on any atom is 0.256 e. The molecular formula is C24H20F2N4O2. The highest BCUT2D eigenvalue weighted by Gasteiger charge is 2.30. The monoisotopic (exact) mass is 434 g/mol. The third-order valence-corrected chi connectivity index (χ3v) is 5.68. The van der Waals surface area contributed by atoms with Gasteiger partial charge in [0.1, 0.15) is 17.2 Å². The van der Waals surface area contributed by atoms with Gasteiger partial charge in [-0.1, -0.05) is 6.07 Å². The van der Waals surface area contributed by atoms with E-state index in [1.165, 1.54) is 17.0 Å². The van der Waals surface area contributed by atoms with Gasteiger partial charge >= 0.3 is 0 Å². The van der Waals surface area contributed by atoms with Gasteiger partial charge in [-0.3, -0.25) is 9.78 Å². The van der Waals surface area contributed by atoms with Crippen LogP contribution in [0.25, 0.3) is 16.6 Å². The fourth-order valence-electron chi connectivity index (χ4n) is 3.97. The minimum absolute atomic E-state index is 0.174. The Balaban J connectivity index is 1.50. The van der Waals surface area contributed by atoms with E-state index in [0.717, 1.165) is 0 Å². The van der Waals surface area contributed by atoms with Gasteiger partial charge in [0.25, 0.3) is 5.91 Å². The lowest BCUT2D eigenvalue weighted by atomic mass is 10.0. The zero-order valence-corrected chi connectivity index (χ0v) is 17.5. The Labute approximate surface area is 182 Å². The van der Waals surface area contributed by atoms with Crippen LogP contribution < -0.4 is 0 Å². The van der Waals surface area contributed by atoms with Crippen LogP contribution >= 0.6 is 0 Å². The van der Waals surface area contributed by atoms with Gasteiger partial charge in [-0.25, -0.2) is 13.3 Å². The summed E-state index contributed by atoms with van der Waals surface area (Å²) in [7, 11) is 0. The molecule has 5 rings (SSSR count). The Morgan fingerprint density at radius 1 is 1.09 bits per heavy atom. The summed E-state index contributed by atoms with van der Waals surface area (Å²) in [5, 5.41) is 14.6. The molecule has 1 N–H and O–H groups in total. The van der Waals surface area contributed by atoms with E-state index in [1.54, 1.807) is 61.1 Å². The van der Waals surface area contributed by atoms with Crippen molar-refractivity contribution in [3.63, 3.8) is 0 Å². The van der Waals surface area contributed by atoms with Crippen LogP contribution in [0.1, 0.15) is 41.2 Å². The maximum absolute atomic E-state index is 15.0. The maximum atomic E-state index is 15.0. The predicted octanol–water partition coefficient (Wildman–Crippen LogP) is 4.06. The van der Waals surface area contributed by atoms with Crippen LogP contribution in [0.3, 0.4) is 0 Å². The summed E-state index contributed by atoms with van der Waals surface area (Å²) in [5.74, 6) is -1.76. The second-order valence-electron chi connectivity index (χ2n) is 8.42. The number of hydrogen-bond acceptors (Lipinski definition) is 4.